The van der Waals surface area contributed by atoms with Crippen molar-refractivity contribution >= 4 is 28.5 Å². The molecule has 0 N–H and O–H groups in total. The molecule has 2 heterocycles. The lowest BCUT2D eigenvalue weighted by Gasteiger charge is -1.90. The Morgan fingerprint density at radius 2 is 2.07 bits per heavy atom. The summed E-state index contributed by atoms with van der Waals surface area (Å²) in [5, 5.41) is 4.72. The van der Waals surface area contributed by atoms with Crippen LogP contribution in [0.15, 0.2) is 16.8 Å². The van der Waals surface area contributed by atoms with Crippen LogP contribution in [0.3, 0.4) is 0 Å². The van der Waals surface area contributed by atoms with Crippen LogP contribution in [0.4, 0.5) is 0 Å². The number of rotatable bonds is 2. The Balaban J connectivity index is 2.33. The van der Waals surface area contributed by atoms with Crippen LogP contribution in [0.1, 0.15) is 25.9 Å². The minimum atomic E-state index is 0.0347. The van der Waals surface area contributed by atoms with Crippen LogP contribution >= 0.6 is 22.7 Å². The summed E-state index contributed by atoms with van der Waals surface area (Å²) in [4.78, 5) is 16.8. The summed E-state index contributed by atoms with van der Waals surface area (Å²) in [6, 6.07) is 1.90. The number of aryl methyl sites for hydroxylation is 2. The molecule has 0 aromatic carbocycles. The van der Waals surface area contributed by atoms with Gasteiger partial charge in [-0.1, -0.05) is 0 Å². The fraction of sp³-hybridized carbons (Fsp3) is 0.200. The molecule has 0 amide bonds. The average Bonchev–Trinajstić information content (AvgIpc) is 2.73. The molecule has 0 aliphatic rings. The van der Waals surface area contributed by atoms with E-state index in [-0.39, 0.29) is 5.78 Å². The van der Waals surface area contributed by atoms with E-state index in [4.69, 9.17) is 0 Å². The molecule has 0 unspecified atom stereocenters. The molecule has 0 saturated carbocycles. The van der Waals surface area contributed by atoms with E-state index < -0.39 is 0 Å². The maximum atomic E-state index is 11.8. The van der Waals surface area contributed by atoms with E-state index in [0.717, 1.165) is 15.4 Å². The van der Waals surface area contributed by atoms with Crippen molar-refractivity contribution in [3.8, 4) is 0 Å². The van der Waals surface area contributed by atoms with Gasteiger partial charge in [0, 0.05) is 5.38 Å². The summed E-state index contributed by atoms with van der Waals surface area (Å²) in [5.41, 5.74) is 1.69. The third-order valence-electron chi connectivity index (χ3n) is 1.81. The van der Waals surface area contributed by atoms with E-state index in [1.54, 1.807) is 0 Å². The Hall–Kier alpha value is -1.00. The number of thiazole rings is 1. The molecule has 0 spiro atoms. The summed E-state index contributed by atoms with van der Waals surface area (Å²) in [7, 11) is 0. The highest BCUT2D eigenvalue weighted by Crippen LogP contribution is 2.19. The van der Waals surface area contributed by atoms with Crippen LogP contribution in [0.25, 0.3) is 0 Å². The maximum Gasteiger partial charge on any atom is 0.222 e. The summed E-state index contributed by atoms with van der Waals surface area (Å²) >= 11 is 2.98. The second kappa shape index (κ2) is 3.63. The van der Waals surface area contributed by atoms with Crippen molar-refractivity contribution in [2.75, 3.05) is 0 Å². The Morgan fingerprint density at radius 3 is 2.57 bits per heavy atom. The zero-order valence-electron chi connectivity index (χ0n) is 7.90. The first-order valence-electron chi connectivity index (χ1n) is 4.19. The summed E-state index contributed by atoms with van der Waals surface area (Å²) in [5.74, 6) is 0.0347. The fourth-order valence-electron chi connectivity index (χ4n) is 1.14. The first-order chi connectivity index (χ1) is 6.66. The number of ketones is 1. The molecule has 14 heavy (non-hydrogen) atoms. The van der Waals surface area contributed by atoms with E-state index in [0.29, 0.717) is 5.69 Å². The molecule has 72 valence electrons. The van der Waals surface area contributed by atoms with Gasteiger partial charge < -0.3 is 0 Å². The lowest BCUT2D eigenvalue weighted by molar-refractivity contribution is 0.103. The second-order valence-electron chi connectivity index (χ2n) is 3.07. The van der Waals surface area contributed by atoms with Crippen molar-refractivity contribution in [1.29, 1.82) is 0 Å². The Kier molecular flexibility index (Phi) is 2.48. The summed E-state index contributed by atoms with van der Waals surface area (Å²) in [6.45, 7) is 3.89. The SMILES string of the molecule is Cc1csc(C(=O)c2csc(C)n2)c1. The molecule has 0 aliphatic carbocycles. The zero-order chi connectivity index (χ0) is 10.1. The third-order valence-corrected chi connectivity index (χ3v) is 3.63. The predicted molar refractivity (Wildman–Crippen MR) is 59.3 cm³/mol. The number of carbonyl (C=O) groups excluding carboxylic acids is 1. The number of hydrogen-bond acceptors (Lipinski definition) is 4. The zero-order valence-corrected chi connectivity index (χ0v) is 9.54. The number of carbonyl (C=O) groups is 1. The van der Waals surface area contributed by atoms with Gasteiger partial charge in [-0.3, -0.25) is 4.79 Å². The van der Waals surface area contributed by atoms with Gasteiger partial charge in [-0.15, -0.1) is 22.7 Å². The average molecular weight is 223 g/mol. The molecule has 4 heteroatoms. The van der Waals surface area contributed by atoms with E-state index in [2.05, 4.69) is 4.98 Å². The van der Waals surface area contributed by atoms with Gasteiger partial charge in [-0.05, 0) is 30.9 Å². The van der Waals surface area contributed by atoms with Crippen LogP contribution < -0.4 is 0 Å². The molecule has 0 bridgehead atoms. The predicted octanol–water partition coefficient (Wildman–Crippen LogP) is 3.05. The van der Waals surface area contributed by atoms with E-state index in [1.807, 2.05) is 30.7 Å². The van der Waals surface area contributed by atoms with Crippen LogP contribution in [0.2, 0.25) is 0 Å². The molecule has 2 aromatic rings. The molecule has 0 fully saturated rings. The van der Waals surface area contributed by atoms with Crippen molar-refractivity contribution < 1.29 is 4.79 Å². The Morgan fingerprint density at radius 1 is 1.29 bits per heavy atom. The highest BCUT2D eigenvalue weighted by molar-refractivity contribution is 7.12. The summed E-state index contributed by atoms with van der Waals surface area (Å²) < 4.78 is 0. The number of thiophene rings is 1. The first kappa shape index (κ1) is 9.55. The lowest BCUT2D eigenvalue weighted by Crippen LogP contribution is -1.98. The number of aromatic nitrogens is 1. The smallest absolute Gasteiger partial charge is 0.222 e. The van der Waals surface area contributed by atoms with Crippen molar-refractivity contribution in [3.05, 3.63) is 38.0 Å². The Labute approximate surface area is 90.2 Å². The topological polar surface area (TPSA) is 30.0 Å². The normalized spacial score (nSPS) is 10.4. The molecule has 2 rings (SSSR count). The molecule has 0 atom stereocenters. The summed E-state index contributed by atoms with van der Waals surface area (Å²) in [6.07, 6.45) is 0. The molecule has 0 aliphatic heterocycles. The van der Waals surface area contributed by atoms with Crippen molar-refractivity contribution in [2.45, 2.75) is 13.8 Å². The van der Waals surface area contributed by atoms with Gasteiger partial charge in [-0.2, -0.15) is 0 Å². The highest BCUT2D eigenvalue weighted by Gasteiger charge is 2.13. The molecule has 0 radical (unpaired) electrons. The molecule has 2 nitrogen and oxygen atoms in total. The Bertz CT molecular complexity index is 428. The van der Waals surface area contributed by atoms with Gasteiger partial charge in [0.15, 0.2) is 0 Å². The van der Waals surface area contributed by atoms with Gasteiger partial charge in [0.2, 0.25) is 5.78 Å². The molecule has 2 aromatic heterocycles. The first-order valence-corrected chi connectivity index (χ1v) is 5.94. The van der Waals surface area contributed by atoms with Crippen molar-refractivity contribution in [1.82, 2.24) is 4.98 Å². The largest absolute Gasteiger partial charge is 0.286 e. The van der Waals surface area contributed by atoms with E-state index in [1.165, 1.54) is 22.7 Å². The fourth-order valence-corrected chi connectivity index (χ4v) is 2.58. The third kappa shape index (κ3) is 1.76. The quantitative estimate of drug-likeness (QED) is 0.732. The van der Waals surface area contributed by atoms with Gasteiger partial charge >= 0.3 is 0 Å². The standard InChI is InChI=1S/C10H9NOS2/c1-6-3-9(14-4-6)10(12)8-5-13-7(2)11-8/h3-5H,1-2H3. The second-order valence-corrected chi connectivity index (χ2v) is 5.04. The van der Waals surface area contributed by atoms with Gasteiger partial charge in [0.05, 0.1) is 9.88 Å². The minimum absolute atomic E-state index is 0.0347. The van der Waals surface area contributed by atoms with Crippen molar-refractivity contribution in [2.24, 2.45) is 0 Å². The van der Waals surface area contributed by atoms with Crippen LogP contribution in [0.5, 0.6) is 0 Å². The number of hydrogen-bond donors (Lipinski definition) is 0. The van der Waals surface area contributed by atoms with Crippen LogP contribution in [0, 0.1) is 13.8 Å². The van der Waals surface area contributed by atoms with Crippen molar-refractivity contribution in [3.63, 3.8) is 0 Å². The lowest BCUT2D eigenvalue weighted by atomic mass is 10.2. The molecule has 0 saturated heterocycles. The van der Waals surface area contributed by atoms with Gasteiger partial charge in [0.25, 0.3) is 0 Å². The van der Waals surface area contributed by atoms with Gasteiger partial charge in [-0.25, -0.2) is 4.98 Å². The highest BCUT2D eigenvalue weighted by atomic mass is 32.1. The molecular weight excluding hydrogens is 214 g/mol. The minimum Gasteiger partial charge on any atom is -0.286 e. The molecular formula is C10H9NOS2. The number of nitrogens with zero attached hydrogens (tertiary/aromatic N) is 1. The monoisotopic (exact) mass is 223 g/mol. The van der Waals surface area contributed by atoms with Crippen LogP contribution in [-0.2, 0) is 0 Å². The van der Waals surface area contributed by atoms with Crippen LogP contribution in [-0.4, -0.2) is 10.8 Å². The van der Waals surface area contributed by atoms with E-state index in [9.17, 15) is 4.79 Å². The van der Waals surface area contributed by atoms with E-state index >= 15 is 0 Å². The van der Waals surface area contributed by atoms with Gasteiger partial charge in [0.1, 0.15) is 5.69 Å². The maximum absolute atomic E-state index is 11.8.